The maximum atomic E-state index is 9.84. The molecule has 3 rings (SSSR count). The van der Waals surface area contributed by atoms with Gasteiger partial charge < -0.3 is 20.6 Å². The summed E-state index contributed by atoms with van der Waals surface area (Å²) in [6.07, 6.45) is 0.996. The molecule has 0 radical (unpaired) electrons. The predicted octanol–water partition coefficient (Wildman–Crippen LogP) is 1.01. The maximum absolute atomic E-state index is 9.84. The van der Waals surface area contributed by atoms with Crippen molar-refractivity contribution in [2.24, 2.45) is 11.0 Å². The summed E-state index contributed by atoms with van der Waals surface area (Å²) < 4.78 is 5.06. The Morgan fingerprint density at radius 2 is 2.33 bits per heavy atom. The molecule has 0 saturated carbocycles. The number of fused-ring (bicyclic) bond motifs is 1. The van der Waals surface area contributed by atoms with E-state index in [4.69, 9.17) is 4.74 Å². The lowest BCUT2D eigenvalue weighted by Crippen LogP contribution is -2.38. The fourth-order valence-electron chi connectivity index (χ4n) is 2.68. The van der Waals surface area contributed by atoms with E-state index in [0.29, 0.717) is 11.7 Å². The lowest BCUT2D eigenvalue weighted by atomic mass is 9.87. The number of piperidine rings is 1. The van der Waals surface area contributed by atoms with Crippen LogP contribution in [0.2, 0.25) is 0 Å². The number of benzene rings is 1. The van der Waals surface area contributed by atoms with Crippen molar-refractivity contribution in [1.29, 1.82) is 0 Å². The van der Waals surface area contributed by atoms with Gasteiger partial charge in [0, 0.05) is 31.1 Å². The Balaban J connectivity index is 1.85. The molecule has 2 heterocycles. The van der Waals surface area contributed by atoms with Gasteiger partial charge in [-0.25, -0.2) is 0 Å². The molecule has 0 aliphatic carbocycles. The first kappa shape index (κ1) is 11.3. The van der Waals surface area contributed by atoms with Crippen molar-refractivity contribution >= 4 is 5.71 Å². The number of hydrogen-bond donors (Lipinski definition) is 3. The molecule has 2 aliphatic rings. The Labute approximate surface area is 106 Å². The number of phenolic OH excluding ortho intramolecular Hbond substituents is 1. The molecule has 0 bridgehead atoms. The van der Waals surface area contributed by atoms with Crippen LogP contribution in [-0.4, -0.2) is 31.0 Å². The molecule has 1 saturated heterocycles. The van der Waals surface area contributed by atoms with Crippen molar-refractivity contribution in [3.8, 4) is 11.5 Å². The van der Waals surface area contributed by atoms with Crippen molar-refractivity contribution < 1.29 is 9.84 Å². The first-order valence-electron chi connectivity index (χ1n) is 6.19. The van der Waals surface area contributed by atoms with E-state index in [1.54, 1.807) is 19.2 Å². The molecule has 1 aromatic rings. The van der Waals surface area contributed by atoms with E-state index in [1.165, 1.54) is 5.71 Å². The van der Waals surface area contributed by atoms with Gasteiger partial charge in [-0.3, -0.25) is 0 Å². The molecule has 1 fully saturated rings. The van der Waals surface area contributed by atoms with Gasteiger partial charge in [0.25, 0.3) is 0 Å². The lowest BCUT2D eigenvalue weighted by Gasteiger charge is -2.25. The molecule has 0 spiro atoms. The van der Waals surface area contributed by atoms with Gasteiger partial charge >= 0.3 is 0 Å². The van der Waals surface area contributed by atoms with Crippen LogP contribution in [0.3, 0.4) is 0 Å². The maximum Gasteiger partial charge on any atom is 0.160 e. The standard InChI is InChI=1S/C13H17N3O2/c1-18-12-3-2-8(6-11(12)17)13-9-7-14-5-4-10(9)15-16-13/h2-3,6,9,13-14,16-17H,4-5,7H2,1H3. The lowest BCUT2D eigenvalue weighted by molar-refractivity contribution is 0.371. The molecule has 96 valence electrons. The van der Waals surface area contributed by atoms with Crippen molar-refractivity contribution in [3.05, 3.63) is 23.8 Å². The fraction of sp³-hybridized carbons (Fsp3) is 0.462. The van der Waals surface area contributed by atoms with Gasteiger partial charge in [0.05, 0.1) is 13.2 Å². The van der Waals surface area contributed by atoms with Gasteiger partial charge in [-0.05, 0) is 17.7 Å². The van der Waals surface area contributed by atoms with Crippen LogP contribution >= 0.6 is 0 Å². The first-order valence-corrected chi connectivity index (χ1v) is 6.19. The van der Waals surface area contributed by atoms with Crippen LogP contribution in [-0.2, 0) is 0 Å². The van der Waals surface area contributed by atoms with Crippen LogP contribution in [0, 0.1) is 5.92 Å². The number of hydrogen-bond acceptors (Lipinski definition) is 5. The summed E-state index contributed by atoms with van der Waals surface area (Å²) >= 11 is 0. The Hall–Kier alpha value is -1.75. The topological polar surface area (TPSA) is 65.9 Å². The van der Waals surface area contributed by atoms with Gasteiger partial charge in [0.1, 0.15) is 0 Å². The number of ether oxygens (including phenoxy) is 1. The summed E-state index contributed by atoms with van der Waals surface area (Å²) in [5.41, 5.74) is 5.45. The predicted molar refractivity (Wildman–Crippen MR) is 68.9 cm³/mol. The molecule has 0 aromatic heterocycles. The van der Waals surface area contributed by atoms with Crippen LogP contribution in [0.25, 0.3) is 0 Å². The first-order chi connectivity index (χ1) is 8.79. The third-order valence-electron chi connectivity index (χ3n) is 3.66. The van der Waals surface area contributed by atoms with Crippen LogP contribution in [0.4, 0.5) is 0 Å². The average Bonchev–Trinajstić information content (AvgIpc) is 2.82. The SMILES string of the molecule is COc1ccc(C2NN=C3CCNCC32)cc1O. The van der Waals surface area contributed by atoms with E-state index in [1.807, 2.05) is 6.07 Å². The van der Waals surface area contributed by atoms with Crippen molar-refractivity contribution in [3.63, 3.8) is 0 Å². The van der Waals surface area contributed by atoms with E-state index in [2.05, 4.69) is 15.8 Å². The minimum Gasteiger partial charge on any atom is -0.504 e. The minimum atomic E-state index is 0.143. The zero-order valence-electron chi connectivity index (χ0n) is 10.3. The number of nitrogens with zero attached hydrogens (tertiary/aromatic N) is 1. The van der Waals surface area contributed by atoms with Crippen molar-refractivity contribution in [2.45, 2.75) is 12.5 Å². The quantitative estimate of drug-likeness (QED) is 0.729. The monoisotopic (exact) mass is 247 g/mol. The summed E-state index contributed by atoms with van der Waals surface area (Å²) in [4.78, 5) is 0. The molecule has 18 heavy (non-hydrogen) atoms. The number of nitrogens with one attached hydrogen (secondary N) is 2. The smallest absolute Gasteiger partial charge is 0.160 e. The number of methoxy groups -OCH3 is 1. The summed E-state index contributed by atoms with van der Waals surface area (Å²) in [6.45, 7) is 1.93. The summed E-state index contributed by atoms with van der Waals surface area (Å²) in [5, 5.41) is 17.6. The summed E-state index contributed by atoms with van der Waals surface area (Å²) in [5.74, 6) is 1.06. The van der Waals surface area contributed by atoms with Crippen molar-refractivity contribution in [1.82, 2.24) is 10.7 Å². The highest BCUT2D eigenvalue weighted by molar-refractivity contribution is 5.89. The van der Waals surface area contributed by atoms with Crippen molar-refractivity contribution in [2.75, 3.05) is 20.2 Å². The zero-order valence-corrected chi connectivity index (χ0v) is 10.3. The second-order valence-corrected chi connectivity index (χ2v) is 4.70. The number of rotatable bonds is 2. The minimum absolute atomic E-state index is 0.143. The van der Waals surface area contributed by atoms with E-state index < -0.39 is 0 Å². The second-order valence-electron chi connectivity index (χ2n) is 4.70. The molecule has 2 atom stereocenters. The molecule has 3 N–H and O–H groups in total. The summed E-state index contributed by atoms with van der Waals surface area (Å²) in [6, 6.07) is 5.66. The molecule has 2 unspecified atom stereocenters. The number of aromatic hydroxyl groups is 1. The highest BCUT2D eigenvalue weighted by Gasteiger charge is 2.34. The molecule has 5 nitrogen and oxygen atoms in total. The van der Waals surface area contributed by atoms with Gasteiger partial charge in [0.2, 0.25) is 0 Å². The Morgan fingerprint density at radius 3 is 3.11 bits per heavy atom. The molecular weight excluding hydrogens is 230 g/mol. The Kier molecular flexibility index (Phi) is 2.83. The second kappa shape index (κ2) is 4.49. The molecular formula is C13H17N3O2. The number of phenols is 1. The van der Waals surface area contributed by atoms with E-state index in [9.17, 15) is 5.11 Å². The third kappa shape index (κ3) is 1.80. The Bertz CT molecular complexity index is 487. The molecule has 2 aliphatic heterocycles. The van der Waals surface area contributed by atoms with Gasteiger partial charge in [-0.2, -0.15) is 5.10 Å². The largest absolute Gasteiger partial charge is 0.504 e. The van der Waals surface area contributed by atoms with E-state index in [-0.39, 0.29) is 11.8 Å². The highest BCUT2D eigenvalue weighted by atomic mass is 16.5. The van der Waals surface area contributed by atoms with Gasteiger partial charge in [-0.1, -0.05) is 6.07 Å². The average molecular weight is 247 g/mol. The molecule has 1 aromatic carbocycles. The summed E-state index contributed by atoms with van der Waals surface area (Å²) in [7, 11) is 1.55. The normalized spacial score (nSPS) is 26.2. The van der Waals surface area contributed by atoms with E-state index in [0.717, 1.165) is 25.1 Å². The molecule has 5 heteroatoms. The number of hydrazone groups is 1. The highest BCUT2D eigenvalue weighted by Crippen LogP contribution is 2.34. The van der Waals surface area contributed by atoms with Crippen LogP contribution in [0.5, 0.6) is 11.5 Å². The zero-order chi connectivity index (χ0) is 12.5. The molecule has 0 amide bonds. The van der Waals surface area contributed by atoms with Gasteiger partial charge in [-0.15, -0.1) is 0 Å². The van der Waals surface area contributed by atoms with Crippen LogP contribution in [0.15, 0.2) is 23.3 Å². The van der Waals surface area contributed by atoms with Crippen LogP contribution < -0.4 is 15.5 Å². The third-order valence-corrected chi connectivity index (χ3v) is 3.66. The Morgan fingerprint density at radius 1 is 1.44 bits per heavy atom. The van der Waals surface area contributed by atoms with E-state index >= 15 is 0 Å². The van der Waals surface area contributed by atoms with Gasteiger partial charge in [0.15, 0.2) is 11.5 Å². The van der Waals surface area contributed by atoms with Crippen LogP contribution in [0.1, 0.15) is 18.0 Å². The fourth-order valence-corrected chi connectivity index (χ4v) is 2.68.